The van der Waals surface area contributed by atoms with Gasteiger partial charge < -0.3 is 4.90 Å². The van der Waals surface area contributed by atoms with Gasteiger partial charge in [-0.25, -0.2) is 8.42 Å². The summed E-state index contributed by atoms with van der Waals surface area (Å²) in [5, 5.41) is 0. The summed E-state index contributed by atoms with van der Waals surface area (Å²) in [5.41, 5.74) is 0. The van der Waals surface area contributed by atoms with Gasteiger partial charge in [0.1, 0.15) is 0 Å². The summed E-state index contributed by atoms with van der Waals surface area (Å²) in [7, 11) is -2.85. The van der Waals surface area contributed by atoms with E-state index in [1.54, 1.807) is 0 Å². The summed E-state index contributed by atoms with van der Waals surface area (Å²) in [4.78, 5) is 15.5. The molecule has 0 saturated carbocycles. The van der Waals surface area contributed by atoms with Crippen LogP contribution in [0.5, 0.6) is 0 Å². The molecule has 2 rings (SSSR count). The number of piperazine rings is 1. The highest BCUT2D eigenvalue weighted by Crippen LogP contribution is 2.19. The van der Waals surface area contributed by atoms with Crippen LogP contribution in [0.2, 0.25) is 0 Å². The van der Waals surface area contributed by atoms with Crippen molar-refractivity contribution in [2.45, 2.75) is 19.4 Å². The van der Waals surface area contributed by atoms with Crippen LogP contribution in [0.1, 0.15) is 13.3 Å². The third-order valence-corrected chi connectivity index (χ3v) is 5.21. The van der Waals surface area contributed by atoms with E-state index in [1.807, 2.05) is 16.7 Å². The Kier molecular flexibility index (Phi) is 3.21. The van der Waals surface area contributed by atoms with E-state index in [2.05, 4.69) is 0 Å². The van der Waals surface area contributed by atoms with Crippen LogP contribution in [0.25, 0.3) is 0 Å². The van der Waals surface area contributed by atoms with Gasteiger partial charge >= 0.3 is 0 Å². The Balaban J connectivity index is 1.96. The van der Waals surface area contributed by atoms with Crippen LogP contribution in [-0.2, 0) is 14.6 Å². The topological polar surface area (TPSA) is 57.7 Å². The number of likely N-dealkylation sites (N-methyl/N-ethyl adjacent to an activating group) is 1. The SMILES string of the molecule is CCN1CCN(C2CCS(=O)(=O)C2)CC1=O. The van der Waals surface area contributed by atoms with E-state index in [9.17, 15) is 13.2 Å². The van der Waals surface area contributed by atoms with Gasteiger partial charge in [-0.3, -0.25) is 9.69 Å². The van der Waals surface area contributed by atoms with Crippen molar-refractivity contribution < 1.29 is 13.2 Å². The van der Waals surface area contributed by atoms with E-state index in [4.69, 9.17) is 0 Å². The Morgan fingerprint density at radius 3 is 2.62 bits per heavy atom. The fourth-order valence-corrected chi connectivity index (χ4v) is 4.20. The maximum absolute atomic E-state index is 11.7. The number of hydrogen-bond donors (Lipinski definition) is 0. The number of nitrogens with zero attached hydrogens (tertiary/aromatic N) is 2. The summed E-state index contributed by atoms with van der Waals surface area (Å²) in [6.07, 6.45) is 0.682. The third kappa shape index (κ3) is 2.38. The number of carbonyl (C=O) groups excluding carboxylic acids is 1. The molecule has 5 nitrogen and oxygen atoms in total. The Hall–Kier alpha value is -0.620. The maximum Gasteiger partial charge on any atom is 0.236 e. The van der Waals surface area contributed by atoms with Gasteiger partial charge in [0.25, 0.3) is 0 Å². The van der Waals surface area contributed by atoms with Crippen molar-refractivity contribution in [1.29, 1.82) is 0 Å². The predicted octanol–water partition coefficient (Wildman–Crippen LogP) is -0.662. The number of sulfone groups is 1. The normalized spacial score (nSPS) is 30.9. The highest BCUT2D eigenvalue weighted by Gasteiger charge is 2.35. The zero-order valence-corrected chi connectivity index (χ0v) is 10.4. The quantitative estimate of drug-likeness (QED) is 0.649. The molecule has 2 fully saturated rings. The first-order valence-corrected chi connectivity index (χ1v) is 7.56. The van der Waals surface area contributed by atoms with Crippen molar-refractivity contribution >= 4 is 15.7 Å². The zero-order valence-electron chi connectivity index (χ0n) is 9.55. The van der Waals surface area contributed by atoms with Crippen molar-refractivity contribution in [1.82, 2.24) is 9.80 Å². The van der Waals surface area contributed by atoms with Crippen molar-refractivity contribution in [3.8, 4) is 0 Å². The van der Waals surface area contributed by atoms with Gasteiger partial charge in [0, 0.05) is 25.7 Å². The minimum Gasteiger partial charge on any atom is -0.341 e. The Bertz CT molecular complexity index is 380. The van der Waals surface area contributed by atoms with Crippen molar-refractivity contribution in [3.05, 3.63) is 0 Å². The molecule has 0 radical (unpaired) electrons. The predicted molar refractivity (Wildman–Crippen MR) is 60.9 cm³/mol. The molecule has 0 aromatic rings. The molecule has 16 heavy (non-hydrogen) atoms. The first-order valence-electron chi connectivity index (χ1n) is 5.74. The van der Waals surface area contributed by atoms with E-state index in [0.717, 1.165) is 19.6 Å². The molecular formula is C10H18N2O3S. The van der Waals surface area contributed by atoms with Gasteiger partial charge in [0.2, 0.25) is 5.91 Å². The van der Waals surface area contributed by atoms with Crippen molar-refractivity contribution in [3.63, 3.8) is 0 Å². The molecule has 1 atom stereocenters. The summed E-state index contributed by atoms with van der Waals surface area (Å²) >= 11 is 0. The molecule has 0 aromatic heterocycles. The molecule has 1 amide bonds. The van der Waals surface area contributed by atoms with Crippen molar-refractivity contribution in [2.75, 3.05) is 37.7 Å². The second-order valence-corrected chi connectivity index (χ2v) is 6.73. The number of amides is 1. The average Bonchev–Trinajstić information content (AvgIpc) is 2.59. The number of carbonyl (C=O) groups is 1. The molecule has 2 aliphatic rings. The molecule has 0 spiro atoms. The largest absolute Gasteiger partial charge is 0.341 e. The van der Waals surface area contributed by atoms with Crippen molar-refractivity contribution in [2.24, 2.45) is 0 Å². The van der Waals surface area contributed by atoms with Gasteiger partial charge in [-0.2, -0.15) is 0 Å². The van der Waals surface area contributed by atoms with E-state index < -0.39 is 9.84 Å². The van der Waals surface area contributed by atoms with Gasteiger partial charge in [-0.1, -0.05) is 0 Å². The molecule has 2 heterocycles. The molecule has 6 heteroatoms. The van der Waals surface area contributed by atoms with Crippen LogP contribution in [-0.4, -0.2) is 67.9 Å². The summed E-state index contributed by atoms with van der Waals surface area (Å²) in [6, 6.07) is 0.0629. The van der Waals surface area contributed by atoms with Crippen LogP contribution in [0.15, 0.2) is 0 Å². The third-order valence-electron chi connectivity index (χ3n) is 3.45. The maximum atomic E-state index is 11.7. The van der Waals surface area contributed by atoms with E-state index in [-0.39, 0.29) is 23.5 Å². The second kappa shape index (κ2) is 4.33. The van der Waals surface area contributed by atoms with Crippen LogP contribution < -0.4 is 0 Å². The summed E-state index contributed by atoms with van der Waals surface area (Å²) in [5.74, 6) is 0.629. The lowest BCUT2D eigenvalue weighted by Gasteiger charge is -2.36. The first kappa shape index (κ1) is 11.9. The Labute approximate surface area is 96.3 Å². The molecule has 0 N–H and O–H groups in total. The summed E-state index contributed by atoms with van der Waals surface area (Å²) < 4.78 is 22.7. The second-order valence-electron chi connectivity index (χ2n) is 4.50. The molecular weight excluding hydrogens is 228 g/mol. The number of hydrogen-bond acceptors (Lipinski definition) is 4. The Morgan fingerprint density at radius 1 is 1.38 bits per heavy atom. The van der Waals surface area contributed by atoms with Gasteiger partial charge in [-0.05, 0) is 13.3 Å². The minimum atomic E-state index is -2.85. The van der Waals surface area contributed by atoms with Gasteiger partial charge in [0.05, 0.1) is 18.1 Å². The summed E-state index contributed by atoms with van der Waals surface area (Å²) in [6.45, 7) is 4.63. The monoisotopic (exact) mass is 246 g/mol. The fourth-order valence-electron chi connectivity index (χ4n) is 2.44. The van der Waals surface area contributed by atoms with Gasteiger partial charge in [0.15, 0.2) is 9.84 Å². The molecule has 92 valence electrons. The highest BCUT2D eigenvalue weighted by molar-refractivity contribution is 7.91. The van der Waals surface area contributed by atoms with Crippen LogP contribution in [0, 0.1) is 0 Å². The smallest absolute Gasteiger partial charge is 0.236 e. The molecule has 0 aliphatic carbocycles. The van der Waals surface area contributed by atoms with E-state index in [1.165, 1.54) is 0 Å². The van der Waals surface area contributed by atoms with Crippen LogP contribution in [0.3, 0.4) is 0 Å². The van der Waals surface area contributed by atoms with Crippen LogP contribution >= 0.6 is 0 Å². The minimum absolute atomic E-state index is 0.0629. The lowest BCUT2D eigenvalue weighted by molar-refractivity contribution is -0.136. The lowest BCUT2D eigenvalue weighted by atomic mass is 10.2. The first-order chi connectivity index (χ1) is 7.52. The number of rotatable bonds is 2. The molecule has 1 unspecified atom stereocenters. The standard InChI is InChI=1S/C10H18N2O3S/c1-2-11-4-5-12(7-10(11)13)9-3-6-16(14,15)8-9/h9H,2-8H2,1H3. The molecule has 2 saturated heterocycles. The molecule has 2 aliphatic heterocycles. The van der Waals surface area contributed by atoms with Crippen LogP contribution in [0.4, 0.5) is 0 Å². The lowest BCUT2D eigenvalue weighted by Crippen LogP contribution is -2.53. The van der Waals surface area contributed by atoms with E-state index in [0.29, 0.717) is 13.0 Å². The van der Waals surface area contributed by atoms with Gasteiger partial charge in [-0.15, -0.1) is 0 Å². The van der Waals surface area contributed by atoms with E-state index >= 15 is 0 Å². The zero-order chi connectivity index (χ0) is 11.8. The molecule has 0 bridgehead atoms. The highest BCUT2D eigenvalue weighted by atomic mass is 32.2. The fraction of sp³-hybridized carbons (Fsp3) is 0.900. The average molecular weight is 246 g/mol. The Morgan fingerprint density at radius 2 is 2.12 bits per heavy atom. The molecule has 0 aromatic carbocycles.